The van der Waals surface area contributed by atoms with Crippen LogP contribution in [0, 0.1) is 0 Å². The van der Waals surface area contributed by atoms with Gasteiger partial charge in [-0.15, -0.1) is 0 Å². The topological polar surface area (TPSA) is 32.3 Å². The molecule has 1 aromatic rings. The highest BCUT2D eigenvalue weighted by molar-refractivity contribution is 5.48. The zero-order valence-electron chi connectivity index (χ0n) is 7.94. The minimum Gasteiger partial charge on any atom is -0.363 e. The van der Waals surface area contributed by atoms with Gasteiger partial charge < -0.3 is 9.80 Å². The van der Waals surface area contributed by atoms with Crippen molar-refractivity contribution in [2.24, 2.45) is 0 Å². The van der Waals surface area contributed by atoms with Gasteiger partial charge in [0, 0.05) is 34.3 Å². The van der Waals surface area contributed by atoms with E-state index in [2.05, 4.69) is 9.97 Å². The Hall–Kier alpha value is -1.32. The van der Waals surface area contributed by atoms with E-state index >= 15 is 0 Å². The van der Waals surface area contributed by atoms with Gasteiger partial charge in [0.2, 0.25) is 0 Å². The van der Waals surface area contributed by atoms with Gasteiger partial charge in [-0.05, 0) is 0 Å². The smallest absolute Gasteiger partial charge is 0.133 e. The molecule has 0 unspecified atom stereocenters. The first kappa shape index (κ1) is 8.77. The van der Waals surface area contributed by atoms with Crippen LogP contribution in [0.4, 0.5) is 11.6 Å². The van der Waals surface area contributed by atoms with Crippen molar-refractivity contribution in [3.63, 3.8) is 0 Å². The summed E-state index contributed by atoms with van der Waals surface area (Å²) in [4.78, 5) is 12.1. The quantitative estimate of drug-likeness (QED) is 0.644. The molecule has 4 nitrogen and oxygen atoms in total. The first-order valence-electron chi connectivity index (χ1n) is 3.78. The van der Waals surface area contributed by atoms with E-state index in [1.807, 2.05) is 44.1 Å². The van der Waals surface area contributed by atoms with Crippen molar-refractivity contribution in [2.45, 2.75) is 0 Å². The van der Waals surface area contributed by atoms with Crippen LogP contribution in [0.15, 0.2) is 12.4 Å². The summed E-state index contributed by atoms with van der Waals surface area (Å²) in [6.45, 7) is 0. The van der Waals surface area contributed by atoms with Gasteiger partial charge in [-0.1, -0.05) is 0 Å². The van der Waals surface area contributed by atoms with Crippen molar-refractivity contribution in [3.8, 4) is 0 Å². The summed E-state index contributed by atoms with van der Waals surface area (Å²) in [7, 11) is 7.84. The minimum absolute atomic E-state index is 0.925. The Morgan fingerprint density at radius 1 is 0.917 bits per heavy atom. The van der Waals surface area contributed by atoms with E-state index in [0.29, 0.717) is 0 Å². The molecule has 0 aliphatic carbocycles. The SMILES string of the molecule is CN(C)c1cc(N(C)C)ncn1. The van der Waals surface area contributed by atoms with E-state index in [0.717, 1.165) is 11.6 Å². The van der Waals surface area contributed by atoms with Gasteiger partial charge in [0.05, 0.1) is 0 Å². The molecular weight excluding hydrogens is 152 g/mol. The number of anilines is 2. The number of hydrogen-bond donors (Lipinski definition) is 0. The molecular formula is C8H14N4. The summed E-state index contributed by atoms with van der Waals surface area (Å²) in [6, 6.07) is 1.94. The molecule has 0 saturated carbocycles. The molecule has 0 bridgehead atoms. The minimum atomic E-state index is 0.925. The highest BCUT2D eigenvalue weighted by Gasteiger charge is 2.00. The van der Waals surface area contributed by atoms with Crippen LogP contribution in [-0.2, 0) is 0 Å². The molecule has 4 heteroatoms. The Morgan fingerprint density at radius 3 is 1.67 bits per heavy atom. The summed E-state index contributed by atoms with van der Waals surface area (Å²) >= 11 is 0. The van der Waals surface area contributed by atoms with Crippen LogP contribution in [0.1, 0.15) is 0 Å². The van der Waals surface area contributed by atoms with E-state index in [1.54, 1.807) is 6.33 Å². The lowest BCUT2D eigenvalue weighted by Gasteiger charge is -2.15. The maximum Gasteiger partial charge on any atom is 0.133 e. The molecule has 66 valence electrons. The lowest BCUT2D eigenvalue weighted by atomic mass is 10.5. The van der Waals surface area contributed by atoms with Gasteiger partial charge in [0.1, 0.15) is 18.0 Å². The maximum absolute atomic E-state index is 4.11. The molecule has 0 aromatic carbocycles. The Bertz CT molecular complexity index is 234. The van der Waals surface area contributed by atoms with Crippen LogP contribution < -0.4 is 9.80 Å². The maximum atomic E-state index is 4.11. The molecule has 0 atom stereocenters. The largest absolute Gasteiger partial charge is 0.363 e. The molecule has 0 amide bonds. The van der Waals surface area contributed by atoms with Crippen molar-refractivity contribution < 1.29 is 0 Å². The summed E-state index contributed by atoms with van der Waals surface area (Å²) < 4.78 is 0. The second-order valence-electron chi connectivity index (χ2n) is 3.02. The Kier molecular flexibility index (Phi) is 2.47. The van der Waals surface area contributed by atoms with E-state index in [9.17, 15) is 0 Å². The molecule has 0 spiro atoms. The zero-order chi connectivity index (χ0) is 9.14. The molecule has 12 heavy (non-hydrogen) atoms. The van der Waals surface area contributed by atoms with Crippen molar-refractivity contribution in [1.29, 1.82) is 0 Å². The predicted molar refractivity (Wildman–Crippen MR) is 50.7 cm³/mol. The van der Waals surface area contributed by atoms with Crippen LogP contribution in [0.3, 0.4) is 0 Å². The van der Waals surface area contributed by atoms with E-state index < -0.39 is 0 Å². The molecule has 0 aliphatic rings. The third-order valence-corrected chi connectivity index (χ3v) is 1.55. The van der Waals surface area contributed by atoms with Gasteiger partial charge in [0.25, 0.3) is 0 Å². The molecule has 1 aromatic heterocycles. The Morgan fingerprint density at radius 2 is 1.33 bits per heavy atom. The Balaban J connectivity index is 2.96. The molecule has 1 heterocycles. The second kappa shape index (κ2) is 3.38. The first-order valence-corrected chi connectivity index (χ1v) is 3.78. The first-order chi connectivity index (χ1) is 5.61. The van der Waals surface area contributed by atoms with Gasteiger partial charge in [-0.3, -0.25) is 0 Å². The van der Waals surface area contributed by atoms with Gasteiger partial charge in [0.15, 0.2) is 0 Å². The standard InChI is InChI=1S/C8H14N4/c1-11(2)7-5-8(12(3)4)10-6-9-7/h5-6H,1-4H3. The molecule has 0 fully saturated rings. The second-order valence-corrected chi connectivity index (χ2v) is 3.02. The van der Waals surface area contributed by atoms with Gasteiger partial charge >= 0.3 is 0 Å². The fourth-order valence-corrected chi connectivity index (χ4v) is 0.826. The number of hydrogen-bond acceptors (Lipinski definition) is 4. The van der Waals surface area contributed by atoms with Crippen LogP contribution in [0.25, 0.3) is 0 Å². The van der Waals surface area contributed by atoms with Crippen LogP contribution in [0.2, 0.25) is 0 Å². The molecule has 0 saturated heterocycles. The Labute approximate surface area is 72.9 Å². The fraction of sp³-hybridized carbons (Fsp3) is 0.500. The number of rotatable bonds is 2. The average molecular weight is 166 g/mol. The average Bonchev–Trinajstić information content (AvgIpc) is 2.04. The number of aromatic nitrogens is 2. The summed E-state index contributed by atoms with van der Waals surface area (Å²) in [6.07, 6.45) is 1.57. The summed E-state index contributed by atoms with van der Waals surface area (Å²) in [5, 5.41) is 0. The predicted octanol–water partition coefficient (Wildman–Crippen LogP) is 0.609. The van der Waals surface area contributed by atoms with Crippen LogP contribution in [0.5, 0.6) is 0 Å². The van der Waals surface area contributed by atoms with Crippen LogP contribution >= 0.6 is 0 Å². The third kappa shape index (κ3) is 1.84. The van der Waals surface area contributed by atoms with Gasteiger partial charge in [-0.2, -0.15) is 0 Å². The van der Waals surface area contributed by atoms with E-state index in [-0.39, 0.29) is 0 Å². The highest BCUT2D eigenvalue weighted by Crippen LogP contribution is 2.12. The molecule has 0 aliphatic heterocycles. The lowest BCUT2D eigenvalue weighted by molar-refractivity contribution is 0.997. The van der Waals surface area contributed by atoms with Crippen molar-refractivity contribution >= 4 is 11.6 Å². The monoisotopic (exact) mass is 166 g/mol. The fourth-order valence-electron chi connectivity index (χ4n) is 0.826. The molecule has 0 N–H and O–H groups in total. The molecule has 0 radical (unpaired) electrons. The lowest BCUT2D eigenvalue weighted by Crippen LogP contribution is -2.14. The van der Waals surface area contributed by atoms with E-state index in [1.165, 1.54) is 0 Å². The van der Waals surface area contributed by atoms with Crippen molar-refractivity contribution in [3.05, 3.63) is 12.4 Å². The van der Waals surface area contributed by atoms with Crippen molar-refractivity contribution in [2.75, 3.05) is 38.0 Å². The summed E-state index contributed by atoms with van der Waals surface area (Å²) in [5.41, 5.74) is 0. The molecule has 1 rings (SSSR count). The highest BCUT2D eigenvalue weighted by atomic mass is 15.2. The summed E-state index contributed by atoms with van der Waals surface area (Å²) in [5.74, 6) is 1.85. The van der Waals surface area contributed by atoms with E-state index in [4.69, 9.17) is 0 Å². The van der Waals surface area contributed by atoms with Crippen molar-refractivity contribution in [1.82, 2.24) is 9.97 Å². The number of nitrogens with zero attached hydrogens (tertiary/aromatic N) is 4. The zero-order valence-corrected chi connectivity index (χ0v) is 7.94. The normalized spacial score (nSPS) is 9.67. The van der Waals surface area contributed by atoms with Crippen LogP contribution in [-0.4, -0.2) is 38.2 Å². The third-order valence-electron chi connectivity index (χ3n) is 1.55. The van der Waals surface area contributed by atoms with Gasteiger partial charge in [-0.25, -0.2) is 9.97 Å².